The molecule has 22 heavy (non-hydrogen) atoms. The van der Waals surface area contributed by atoms with E-state index in [1.54, 1.807) is 31.2 Å². The van der Waals surface area contributed by atoms with E-state index in [4.69, 9.17) is 9.05 Å². The maximum Gasteiger partial charge on any atom is 0.273 e. The van der Waals surface area contributed by atoms with Crippen molar-refractivity contribution in [3.05, 3.63) is 59.4 Å². The third-order valence-corrected chi connectivity index (χ3v) is 2.99. The summed E-state index contributed by atoms with van der Waals surface area (Å²) in [5.41, 5.74) is 0.988. The van der Waals surface area contributed by atoms with Crippen LogP contribution in [0.25, 0.3) is 11.3 Å². The van der Waals surface area contributed by atoms with Crippen molar-refractivity contribution < 1.29 is 18.2 Å². The van der Waals surface area contributed by atoms with E-state index in [0.717, 1.165) is 0 Å². The Morgan fingerprint density at radius 3 is 2.77 bits per heavy atom. The molecule has 1 aromatic carbocycles. The molecule has 7 heteroatoms. The van der Waals surface area contributed by atoms with Crippen LogP contribution >= 0.6 is 0 Å². The molecule has 0 fully saturated rings. The highest BCUT2D eigenvalue weighted by molar-refractivity contribution is 5.92. The van der Waals surface area contributed by atoms with E-state index in [9.17, 15) is 9.18 Å². The van der Waals surface area contributed by atoms with Crippen LogP contribution in [-0.4, -0.2) is 16.2 Å². The zero-order valence-corrected chi connectivity index (χ0v) is 11.7. The summed E-state index contributed by atoms with van der Waals surface area (Å²) in [5, 5.41) is 10.0. The summed E-state index contributed by atoms with van der Waals surface area (Å²) in [7, 11) is 0. The quantitative estimate of drug-likeness (QED) is 0.801. The number of nitrogens with zero attached hydrogens (tertiary/aromatic N) is 2. The Bertz CT molecular complexity index is 810. The second-order valence-electron chi connectivity index (χ2n) is 4.67. The molecular weight excluding hydrogens is 289 g/mol. The molecule has 0 aliphatic rings. The van der Waals surface area contributed by atoms with Gasteiger partial charge in [0.25, 0.3) is 5.91 Å². The number of hydrogen-bond acceptors (Lipinski definition) is 5. The first kappa shape index (κ1) is 14.0. The number of hydrogen-bond donors (Lipinski definition) is 1. The van der Waals surface area contributed by atoms with Crippen LogP contribution in [0, 0.1) is 12.7 Å². The molecule has 0 atom stereocenters. The highest BCUT2D eigenvalue weighted by Crippen LogP contribution is 2.23. The number of amides is 1. The smallest absolute Gasteiger partial charge is 0.273 e. The van der Waals surface area contributed by atoms with Gasteiger partial charge in [0, 0.05) is 12.1 Å². The minimum Gasteiger partial charge on any atom is -0.361 e. The number of benzene rings is 1. The van der Waals surface area contributed by atoms with Crippen LogP contribution in [0.2, 0.25) is 0 Å². The summed E-state index contributed by atoms with van der Waals surface area (Å²) in [4.78, 5) is 11.8. The molecule has 0 saturated carbocycles. The molecule has 3 aromatic rings. The maximum atomic E-state index is 13.6. The lowest BCUT2D eigenvalue weighted by atomic mass is 10.1. The van der Waals surface area contributed by atoms with Crippen molar-refractivity contribution in [3.8, 4) is 11.3 Å². The normalized spacial score (nSPS) is 10.6. The van der Waals surface area contributed by atoms with Gasteiger partial charge in [-0.3, -0.25) is 4.79 Å². The van der Waals surface area contributed by atoms with Crippen LogP contribution in [0.5, 0.6) is 0 Å². The average molecular weight is 301 g/mol. The van der Waals surface area contributed by atoms with Gasteiger partial charge >= 0.3 is 0 Å². The molecule has 0 aliphatic carbocycles. The molecule has 0 bridgehead atoms. The van der Waals surface area contributed by atoms with Crippen LogP contribution in [0.3, 0.4) is 0 Å². The third kappa shape index (κ3) is 2.88. The van der Waals surface area contributed by atoms with Gasteiger partial charge in [0.2, 0.25) is 0 Å². The van der Waals surface area contributed by atoms with Gasteiger partial charge in [0.15, 0.2) is 11.5 Å². The van der Waals surface area contributed by atoms with Gasteiger partial charge in [0.05, 0.1) is 12.1 Å². The Labute approximate surface area is 124 Å². The Kier molecular flexibility index (Phi) is 3.69. The van der Waals surface area contributed by atoms with Crippen molar-refractivity contribution in [2.75, 3.05) is 0 Å². The number of aryl methyl sites for hydroxylation is 1. The molecule has 0 saturated heterocycles. The van der Waals surface area contributed by atoms with Gasteiger partial charge in [-0.25, -0.2) is 4.39 Å². The average Bonchev–Trinajstić information content (AvgIpc) is 3.14. The molecule has 1 N–H and O–H groups in total. The van der Waals surface area contributed by atoms with Gasteiger partial charge in [-0.2, -0.15) is 0 Å². The van der Waals surface area contributed by atoms with Gasteiger partial charge in [-0.1, -0.05) is 22.4 Å². The molecule has 2 aromatic heterocycles. The molecule has 2 heterocycles. The standard InChI is InChI=1S/C15H12FN3O3/c1-9-6-13(19-21-9)15(20)17-8-10-7-14(22-18-10)11-4-2-3-5-12(11)16/h2-7H,8H2,1H3,(H,17,20). The van der Waals surface area contributed by atoms with Crippen LogP contribution in [-0.2, 0) is 6.54 Å². The van der Waals surface area contributed by atoms with Crippen LogP contribution < -0.4 is 5.32 Å². The van der Waals surface area contributed by atoms with E-state index in [0.29, 0.717) is 22.8 Å². The van der Waals surface area contributed by atoms with Crippen molar-refractivity contribution in [2.45, 2.75) is 13.5 Å². The number of halogens is 1. The molecule has 6 nitrogen and oxygen atoms in total. The fraction of sp³-hybridized carbons (Fsp3) is 0.133. The summed E-state index contributed by atoms with van der Waals surface area (Å²) in [6.45, 7) is 1.84. The van der Waals surface area contributed by atoms with Gasteiger partial charge < -0.3 is 14.4 Å². The Morgan fingerprint density at radius 1 is 1.23 bits per heavy atom. The molecule has 3 rings (SSSR count). The predicted molar refractivity (Wildman–Crippen MR) is 74.3 cm³/mol. The fourth-order valence-electron chi connectivity index (χ4n) is 1.92. The topological polar surface area (TPSA) is 81.2 Å². The van der Waals surface area contributed by atoms with Gasteiger partial charge in [0.1, 0.15) is 17.3 Å². The van der Waals surface area contributed by atoms with Crippen LogP contribution in [0.15, 0.2) is 45.4 Å². The molecule has 0 unspecified atom stereocenters. The lowest BCUT2D eigenvalue weighted by molar-refractivity contribution is 0.0941. The third-order valence-electron chi connectivity index (χ3n) is 2.99. The van der Waals surface area contributed by atoms with E-state index in [1.807, 2.05) is 0 Å². The van der Waals surface area contributed by atoms with Gasteiger partial charge in [-0.05, 0) is 19.1 Å². The van der Waals surface area contributed by atoms with Crippen LogP contribution in [0.1, 0.15) is 21.9 Å². The van der Waals surface area contributed by atoms with Gasteiger partial charge in [-0.15, -0.1) is 0 Å². The molecule has 0 aliphatic heterocycles. The lowest BCUT2D eigenvalue weighted by Gasteiger charge is -1.98. The van der Waals surface area contributed by atoms with E-state index in [1.165, 1.54) is 12.1 Å². The largest absolute Gasteiger partial charge is 0.361 e. The van der Waals surface area contributed by atoms with Crippen LogP contribution in [0.4, 0.5) is 4.39 Å². The predicted octanol–water partition coefficient (Wildman–Crippen LogP) is 2.71. The first-order valence-corrected chi connectivity index (χ1v) is 6.55. The maximum absolute atomic E-state index is 13.6. The first-order chi connectivity index (χ1) is 10.6. The van der Waals surface area contributed by atoms with Crippen molar-refractivity contribution >= 4 is 5.91 Å². The second kappa shape index (κ2) is 5.80. The Balaban J connectivity index is 1.67. The number of aromatic nitrogens is 2. The zero-order chi connectivity index (χ0) is 15.5. The zero-order valence-electron chi connectivity index (χ0n) is 11.7. The lowest BCUT2D eigenvalue weighted by Crippen LogP contribution is -2.23. The van der Waals surface area contributed by atoms with E-state index >= 15 is 0 Å². The highest BCUT2D eigenvalue weighted by atomic mass is 19.1. The van der Waals surface area contributed by atoms with Crippen molar-refractivity contribution in [1.29, 1.82) is 0 Å². The summed E-state index contributed by atoms with van der Waals surface area (Å²) in [6, 6.07) is 9.34. The Hall–Kier alpha value is -2.96. The minimum atomic E-state index is -0.396. The van der Waals surface area contributed by atoms with Crippen molar-refractivity contribution in [2.24, 2.45) is 0 Å². The molecule has 112 valence electrons. The molecule has 1 amide bonds. The van der Waals surface area contributed by atoms with E-state index < -0.39 is 5.82 Å². The first-order valence-electron chi connectivity index (χ1n) is 6.55. The molecule has 0 radical (unpaired) electrons. The van der Waals surface area contributed by atoms with Crippen molar-refractivity contribution in [1.82, 2.24) is 15.6 Å². The monoisotopic (exact) mass is 301 g/mol. The summed E-state index contributed by atoms with van der Waals surface area (Å²) in [6.07, 6.45) is 0. The molecular formula is C15H12FN3O3. The number of carbonyl (C=O) groups is 1. The highest BCUT2D eigenvalue weighted by Gasteiger charge is 2.13. The fourth-order valence-corrected chi connectivity index (χ4v) is 1.92. The number of rotatable bonds is 4. The number of nitrogens with one attached hydrogen (secondary N) is 1. The SMILES string of the molecule is Cc1cc(C(=O)NCc2cc(-c3ccccc3F)on2)no1. The van der Waals surface area contributed by atoms with Crippen molar-refractivity contribution in [3.63, 3.8) is 0 Å². The Morgan fingerprint density at radius 2 is 2.05 bits per heavy atom. The molecule has 0 spiro atoms. The summed E-state index contributed by atoms with van der Waals surface area (Å²) < 4.78 is 23.6. The second-order valence-corrected chi connectivity index (χ2v) is 4.67. The summed E-state index contributed by atoms with van der Waals surface area (Å²) >= 11 is 0. The van der Waals surface area contributed by atoms with E-state index in [-0.39, 0.29) is 18.1 Å². The number of carbonyl (C=O) groups excluding carboxylic acids is 1. The summed E-state index contributed by atoms with van der Waals surface area (Å²) in [5.74, 6) is 0.0765. The minimum absolute atomic E-state index is 0.142. The van der Waals surface area contributed by atoms with E-state index in [2.05, 4.69) is 15.6 Å².